The zero-order chi connectivity index (χ0) is 26.3. The summed E-state index contributed by atoms with van der Waals surface area (Å²) in [6.07, 6.45) is 4.13. The molecule has 6 nitrogen and oxygen atoms in total. The SMILES string of the molecule is C=C/C=C(/C(c1ccc(OC)cc1)N(CC=C)S(=O)(=O)c1ccccc1)S(=O)(=O)c1ccc(C)cc1. The molecule has 0 aliphatic rings. The molecule has 0 saturated carbocycles. The van der Waals surface area contributed by atoms with Gasteiger partial charge in [-0.25, -0.2) is 16.8 Å². The highest BCUT2D eigenvalue weighted by molar-refractivity contribution is 7.95. The van der Waals surface area contributed by atoms with Gasteiger partial charge in [0.25, 0.3) is 0 Å². The van der Waals surface area contributed by atoms with E-state index in [-0.39, 0.29) is 21.2 Å². The van der Waals surface area contributed by atoms with Gasteiger partial charge in [0.2, 0.25) is 19.9 Å². The molecule has 0 spiro atoms. The van der Waals surface area contributed by atoms with Crippen LogP contribution in [0.25, 0.3) is 0 Å². The van der Waals surface area contributed by atoms with Crippen LogP contribution in [0.2, 0.25) is 0 Å². The van der Waals surface area contributed by atoms with Crippen molar-refractivity contribution < 1.29 is 21.6 Å². The molecule has 0 fully saturated rings. The van der Waals surface area contributed by atoms with Crippen molar-refractivity contribution in [3.63, 3.8) is 0 Å². The predicted molar refractivity (Wildman–Crippen MR) is 143 cm³/mol. The number of methoxy groups -OCH3 is 1. The van der Waals surface area contributed by atoms with Crippen molar-refractivity contribution in [1.29, 1.82) is 0 Å². The largest absolute Gasteiger partial charge is 0.497 e. The Balaban J connectivity index is 2.33. The summed E-state index contributed by atoms with van der Waals surface area (Å²) in [5.74, 6) is 0.550. The maximum Gasteiger partial charge on any atom is 0.244 e. The first-order valence-electron chi connectivity index (χ1n) is 11.1. The van der Waals surface area contributed by atoms with E-state index in [4.69, 9.17) is 4.74 Å². The Kier molecular flexibility index (Phi) is 8.68. The van der Waals surface area contributed by atoms with E-state index in [0.717, 1.165) is 9.87 Å². The molecular weight excluding hydrogens is 494 g/mol. The first kappa shape index (κ1) is 27.1. The summed E-state index contributed by atoms with van der Waals surface area (Å²) in [5, 5.41) is 0. The first-order chi connectivity index (χ1) is 17.2. The van der Waals surface area contributed by atoms with Crippen molar-refractivity contribution in [3.8, 4) is 5.75 Å². The quantitative estimate of drug-likeness (QED) is 0.246. The van der Waals surface area contributed by atoms with Gasteiger partial charge in [0.1, 0.15) is 5.75 Å². The van der Waals surface area contributed by atoms with Gasteiger partial charge in [0, 0.05) is 6.54 Å². The molecule has 8 heteroatoms. The van der Waals surface area contributed by atoms with Gasteiger partial charge in [-0.3, -0.25) is 0 Å². The number of rotatable bonds is 11. The Morgan fingerprint density at radius 1 is 0.889 bits per heavy atom. The normalized spacial score (nSPS) is 13.2. The molecule has 3 aromatic carbocycles. The second-order valence-electron chi connectivity index (χ2n) is 7.97. The second-order valence-corrected chi connectivity index (χ2v) is 11.8. The average molecular weight is 524 g/mol. The van der Waals surface area contributed by atoms with E-state index in [1.165, 1.54) is 49.6 Å². The van der Waals surface area contributed by atoms with Crippen molar-refractivity contribution in [2.45, 2.75) is 22.8 Å². The molecule has 36 heavy (non-hydrogen) atoms. The number of hydrogen-bond donors (Lipinski definition) is 0. The zero-order valence-corrected chi connectivity index (χ0v) is 21.9. The lowest BCUT2D eigenvalue weighted by molar-refractivity contribution is 0.390. The molecule has 0 aromatic heterocycles. The fourth-order valence-electron chi connectivity index (χ4n) is 3.75. The number of ether oxygens (including phenoxy) is 1. The molecule has 0 radical (unpaired) electrons. The van der Waals surface area contributed by atoms with Crippen molar-refractivity contribution >= 4 is 19.9 Å². The van der Waals surface area contributed by atoms with Gasteiger partial charge in [-0.1, -0.05) is 66.8 Å². The monoisotopic (exact) mass is 523 g/mol. The van der Waals surface area contributed by atoms with Crippen molar-refractivity contribution in [2.24, 2.45) is 0 Å². The lowest BCUT2D eigenvalue weighted by Crippen LogP contribution is -2.37. The molecule has 0 saturated heterocycles. The molecule has 0 bridgehead atoms. The maximum absolute atomic E-state index is 14.0. The number of allylic oxidation sites excluding steroid dienone is 2. The van der Waals surface area contributed by atoms with Gasteiger partial charge < -0.3 is 4.74 Å². The van der Waals surface area contributed by atoms with Gasteiger partial charge in [-0.05, 0) is 55.0 Å². The highest BCUT2D eigenvalue weighted by Crippen LogP contribution is 2.39. The molecule has 0 heterocycles. The molecule has 1 atom stereocenters. The van der Waals surface area contributed by atoms with E-state index in [9.17, 15) is 16.8 Å². The van der Waals surface area contributed by atoms with Crippen LogP contribution in [0.5, 0.6) is 5.75 Å². The van der Waals surface area contributed by atoms with E-state index in [0.29, 0.717) is 11.3 Å². The third-order valence-corrected chi connectivity index (χ3v) is 9.29. The summed E-state index contributed by atoms with van der Waals surface area (Å²) >= 11 is 0. The van der Waals surface area contributed by atoms with Gasteiger partial charge in [0.15, 0.2) is 0 Å². The topological polar surface area (TPSA) is 80.8 Å². The summed E-state index contributed by atoms with van der Waals surface area (Å²) in [6.45, 7) is 9.16. The average Bonchev–Trinajstić information content (AvgIpc) is 2.88. The van der Waals surface area contributed by atoms with Crippen LogP contribution < -0.4 is 4.74 Å². The Labute approximate surface area is 213 Å². The lowest BCUT2D eigenvalue weighted by atomic mass is 10.1. The Morgan fingerprint density at radius 2 is 1.50 bits per heavy atom. The number of hydrogen-bond acceptors (Lipinski definition) is 5. The molecule has 0 aliphatic heterocycles. The van der Waals surface area contributed by atoms with Crippen LogP contribution in [0.4, 0.5) is 0 Å². The summed E-state index contributed by atoms with van der Waals surface area (Å²) in [4.78, 5) is -0.0423. The van der Waals surface area contributed by atoms with Crippen LogP contribution >= 0.6 is 0 Å². The Hall–Kier alpha value is -3.46. The zero-order valence-electron chi connectivity index (χ0n) is 20.2. The van der Waals surface area contributed by atoms with Crippen LogP contribution in [0.3, 0.4) is 0 Å². The highest BCUT2D eigenvalue weighted by Gasteiger charge is 2.39. The standard InChI is InChI=1S/C28H29NO5S2/c1-5-10-27(35(30,31)25-19-13-22(3)14-20-25)28(23-15-17-24(34-4)18-16-23)29(21-6-2)36(32,33)26-11-8-7-9-12-26/h5-20,28H,1-2,21H2,3-4H3/b27-10-. The van der Waals surface area contributed by atoms with Crippen molar-refractivity contribution in [3.05, 3.63) is 126 Å². The van der Waals surface area contributed by atoms with E-state index in [1.54, 1.807) is 54.6 Å². The summed E-state index contributed by atoms with van der Waals surface area (Å²) in [5.41, 5.74) is 1.34. The van der Waals surface area contributed by atoms with Crippen LogP contribution in [0.1, 0.15) is 17.2 Å². The third-order valence-electron chi connectivity index (χ3n) is 5.57. The summed E-state index contributed by atoms with van der Waals surface area (Å²) in [6, 6.07) is 19.7. The lowest BCUT2D eigenvalue weighted by Gasteiger charge is -2.32. The van der Waals surface area contributed by atoms with Crippen LogP contribution in [0, 0.1) is 6.92 Å². The Morgan fingerprint density at radius 3 is 2.03 bits per heavy atom. The molecule has 188 valence electrons. The van der Waals surface area contributed by atoms with E-state index in [2.05, 4.69) is 13.2 Å². The van der Waals surface area contributed by atoms with E-state index >= 15 is 0 Å². The number of sulfonamides is 1. The molecule has 1 unspecified atom stereocenters. The van der Waals surface area contributed by atoms with Crippen LogP contribution in [-0.2, 0) is 19.9 Å². The second kappa shape index (κ2) is 11.5. The summed E-state index contributed by atoms with van der Waals surface area (Å²) in [7, 11) is -6.76. The summed E-state index contributed by atoms with van der Waals surface area (Å²) < 4.78 is 62.1. The van der Waals surface area contributed by atoms with E-state index in [1.807, 2.05) is 6.92 Å². The minimum absolute atomic E-state index is 0.0380. The number of aryl methyl sites for hydroxylation is 1. The van der Waals surface area contributed by atoms with Crippen molar-refractivity contribution in [1.82, 2.24) is 4.31 Å². The van der Waals surface area contributed by atoms with Gasteiger partial charge >= 0.3 is 0 Å². The number of benzene rings is 3. The number of nitrogens with zero attached hydrogens (tertiary/aromatic N) is 1. The molecule has 3 rings (SSSR count). The maximum atomic E-state index is 14.0. The fraction of sp³-hybridized carbons (Fsp3) is 0.143. The van der Waals surface area contributed by atoms with Crippen LogP contribution in [-0.4, -0.2) is 34.8 Å². The van der Waals surface area contributed by atoms with Gasteiger partial charge in [-0.2, -0.15) is 4.31 Å². The minimum Gasteiger partial charge on any atom is -0.497 e. The number of sulfone groups is 1. The molecule has 0 aliphatic carbocycles. The first-order valence-corrected chi connectivity index (χ1v) is 14.0. The predicted octanol–water partition coefficient (Wildman–Crippen LogP) is 5.47. The Bertz CT molecular complexity index is 1440. The molecule has 3 aromatic rings. The molecular formula is C28H29NO5S2. The van der Waals surface area contributed by atoms with Crippen molar-refractivity contribution in [2.75, 3.05) is 13.7 Å². The minimum atomic E-state index is -4.15. The smallest absolute Gasteiger partial charge is 0.244 e. The van der Waals surface area contributed by atoms with Gasteiger partial charge in [0.05, 0.1) is 27.8 Å². The molecule has 0 amide bonds. The van der Waals surface area contributed by atoms with Crippen LogP contribution in [0.15, 0.2) is 125 Å². The van der Waals surface area contributed by atoms with Gasteiger partial charge in [-0.15, -0.1) is 6.58 Å². The highest BCUT2D eigenvalue weighted by atomic mass is 32.2. The third kappa shape index (κ3) is 5.67. The molecule has 0 N–H and O–H groups in total. The fourth-order valence-corrected chi connectivity index (χ4v) is 7.01. The van der Waals surface area contributed by atoms with E-state index < -0.39 is 25.9 Å².